The Morgan fingerprint density at radius 2 is 1.88 bits per heavy atom. The Morgan fingerprint density at radius 3 is 2.52 bits per heavy atom. The number of rotatable bonds is 4. The highest BCUT2D eigenvalue weighted by atomic mass is 16.5. The predicted octanol–water partition coefficient (Wildman–Crippen LogP) is 3.33. The molecule has 3 rings (SSSR count). The summed E-state index contributed by atoms with van der Waals surface area (Å²) in [6.45, 7) is 5.59. The van der Waals surface area contributed by atoms with Gasteiger partial charge in [0.15, 0.2) is 5.82 Å². The summed E-state index contributed by atoms with van der Waals surface area (Å²) in [4.78, 5) is 21.7. The number of hydrogen-bond acceptors (Lipinski definition) is 4. The van der Waals surface area contributed by atoms with Gasteiger partial charge in [0.2, 0.25) is 0 Å². The molecule has 3 aromatic rings. The molecule has 0 aliphatic carbocycles. The number of ether oxygens (including phenoxy) is 1. The SMILES string of the molecule is COc1ccc(-n2[nH]c(C)c(C(C)=Nc3cccc(C)n3)c2=O)cc1. The molecule has 0 fully saturated rings. The van der Waals surface area contributed by atoms with Crippen LogP contribution in [0.5, 0.6) is 5.75 Å². The van der Waals surface area contributed by atoms with Crippen molar-refractivity contribution in [3.05, 3.63) is 69.8 Å². The summed E-state index contributed by atoms with van der Waals surface area (Å²) >= 11 is 0. The first kappa shape index (κ1) is 16.7. The van der Waals surface area contributed by atoms with Crippen LogP contribution in [0.3, 0.4) is 0 Å². The molecule has 0 saturated carbocycles. The van der Waals surface area contributed by atoms with Crippen LogP contribution in [-0.4, -0.2) is 27.6 Å². The van der Waals surface area contributed by atoms with Crippen LogP contribution >= 0.6 is 0 Å². The van der Waals surface area contributed by atoms with Gasteiger partial charge in [-0.25, -0.2) is 14.7 Å². The van der Waals surface area contributed by atoms with Crippen molar-refractivity contribution in [2.45, 2.75) is 20.8 Å². The zero-order valence-corrected chi connectivity index (χ0v) is 14.7. The monoisotopic (exact) mass is 336 g/mol. The van der Waals surface area contributed by atoms with Crippen molar-refractivity contribution in [3.8, 4) is 11.4 Å². The van der Waals surface area contributed by atoms with Gasteiger partial charge in [0.1, 0.15) is 5.75 Å². The number of H-pyrrole nitrogens is 1. The third-order valence-electron chi connectivity index (χ3n) is 3.92. The van der Waals surface area contributed by atoms with Crippen LogP contribution in [-0.2, 0) is 0 Å². The Hall–Kier alpha value is -3.15. The van der Waals surface area contributed by atoms with Gasteiger partial charge in [0.25, 0.3) is 5.56 Å². The third kappa shape index (κ3) is 3.38. The second kappa shape index (κ2) is 6.76. The Labute approximate surface area is 145 Å². The van der Waals surface area contributed by atoms with Crippen molar-refractivity contribution in [2.24, 2.45) is 4.99 Å². The van der Waals surface area contributed by atoms with Gasteiger partial charge in [-0.3, -0.25) is 9.89 Å². The molecule has 2 aromatic heterocycles. The lowest BCUT2D eigenvalue weighted by atomic mass is 10.2. The zero-order chi connectivity index (χ0) is 18.0. The van der Waals surface area contributed by atoms with Gasteiger partial charge in [-0.15, -0.1) is 0 Å². The lowest BCUT2D eigenvalue weighted by Crippen LogP contribution is -2.19. The average molecular weight is 336 g/mol. The minimum absolute atomic E-state index is 0.142. The topological polar surface area (TPSA) is 72.3 Å². The number of aryl methyl sites for hydroxylation is 2. The second-order valence-electron chi connectivity index (χ2n) is 5.78. The van der Waals surface area contributed by atoms with Crippen LogP contribution in [0.2, 0.25) is 0 Å². The Bertz CT molecular complexity index is 981. The molecule has 0 aliphatic heterocycles. The van der Waals surface area contributed by atoms with Crippen molar-refractivity contribution in [3.63, 3.8) is 0 Å². The molecule has 0 atom stereocenters. The van der Waals surface area contributed by atoms with E-state index in [2.05, 4.69) is 15.1 Å². The van der Waals surface area contributed by atoms with E-state index in [9.17, 15) is 4.79 Å². The van der Waals surface area contributed by atoms with Crippen molar-refractivity contribution in [1.82, 2.24) is 14.8 Å². The number of nitrogens with one attached hydrogen (secondary N) is 1. The van der Waals surface area contributed by atoms with Crippen molar-refractivity contribution >= 4 is 11.5 Å². The van der Waals surface area contributed by atoms with Crippen molar-refractivity contribution in [1.29, 1.82) is 0 Å². The Morgan fingerprint density at radius 1 is 1.16 bits per heavy atom. The molecule has 0 saturated heterocycles. The summed E-state index contributed by atoms with van der Waals surface area (Å²) in [7, 11) is 1.61. The van der Waals surface area contributed by atoms with Gasteiger partial charge in [0.05, 0.1) is 24.1 Å². The summed E-state index contributed by atoms with van der Waals surface area (Å²) in [5.41, 5.74) is 3.42. The van der Waals surface area contributed by atoms with Gasteiger partial charge in [-0.1, -0.05) is 6.07 Å². The molecule has 0 bridgehead atoms. The molecule has 0 unspecified atom stereocenters. The van der Waals surface area contributed by atoms with E-state index in [0.717, 1.165) is 22.8 Å². The second-order valence-corrected chi connectivity index (χ2v) is 5.78. The Balaban J connectivity index is 2.03. The van der Waals surface area contributed by atoms with Gasteiger partial charge in [-0.05, 0) is 57.2 Å². The van der Waals surface area contributed by atoms with Gasteiger partial charge >= 0.3 is 0 Å². The molecule has 6 heteroatoms. The number of aromatic nitrogens is 3. The number of aliphatic imine (C=N–C) groups is 1. The molecule has 2 heterocycles. The summed E-state index contributed by atoms with van der Waals surface area (Å²) < 4.78 is 6.66. The summed E-state index contributed by atoms with van der Waals surface area (Å²) in [6, 6.07) is 12.9. The van der Waals surface area contributed by atoms with Crippen molar-refractivity contribution in [2.75, 3.05) is 7.11 Å². The number of pyridine rings is 1. The minimum Gasteiger partial charge on any atom is -0.497 e. The van der Waals surface area contributed by atoms with E-state index >= 15 is 0 Å². The smallest absolute Gasteiger partial charge is 0.280 e. The number of nitrogens with zero attached hydrogens (tertiary/aromatic N) is 3. The quantitative estimate of drug-likeness (QED) is 0.743. The minimum atomic E-state index is -0.142. The van der Waals surface area contributed by atoms with E-state index in [1.54, 1.807) is 7.11 Å². The fraction of sp³-hybridized carbons (Fsp3) is 0.211. The lowest BCUT2D eigenvalue weighted by molar-refractivity contribution is 0.414. The van der Waals surface area contributed by atoms with E-state index < -0.39 is 0 Å². The van der Waals surface area contributed by atoms with E-state index in [0.29, 0.717) is 17.1 Å². The van der Waals surface area contributed by atoms with Crippen LogP contribution in [0.15, 0.2) is 52.3 Å². The highest BCUT2D eigenvalue weighted by molar-refractivity contribution is 6.00. The van der Waals surface area contributed by atoms with E-state index in [4.69, 9.17) is 4.74 Å². The highest BCUT2D eigenvalue weighted by Crippen LogP contribution is 2.15. The maximum absolute atomic E-state index is 12.8. The van der Waals surface area contributed by atoms with Crippen LogP contribution in [0.1, 0.15) is 23.9 Å². The van der Waals surface area contributed by atoms with E-state index in [1.165, 1.54) is 4.68 Å². The predicted molar refractivity (Wildman–Crippen MR) is 98.5 cm³/mol. The molecule has 1 aromatic carbocycles. The number of hydrogen-bond donors (Lipinski definition) is 1. The summed E-state index contributed by atoms with van der Waals surface area (Å²) in [5.74, 6) is 1.33. The lowest BCUT2D eigenvalue weighted by Gasteiger charge is -2.03. The molecule has 128 valence electrons. The highest BCUT2D eigenvalue weighted by Gasteiger charge is 2.15. The normalized spacial score (nSPS) is 11.6. The molecule has 1 N–H and O–H groups in total. The first-order chi connectivity index (χ1) is 12.0. The van der Waals surface area contributed by atoms with Crippen LogP contribution in [0.25, 0.3) is 5.69 Å². The van der Waals surface area contributed by atoms with Crippen LogP contribution in [0.4, 0.5) is 5.82 Å². The molecular weight excluding hydrogens is 316 g/mol. The molecule has 0 amide bonds. The fourth-order valence-corrected chi connectivity index (χ4v) is 2.70. The average Bonchev–Trinajstić information content (AvgIpc) is 2.89. The zero-order valence-electron chi connectivity index (χ0n) is 14.7. The number of methoxy groups -OCH3 is 1. The van der Waals surface area contributed by atoms with E-state index in [1.807, 2.05) is 63.2 Å². The summed E-state index contributed by atoms with van der Waals surface area (Å²) in [6.07, 6.45) is 0. The fourth-order valence-electron chi connectivity index (χ4n) is 2.70. The standard InChI is InChI=1S/C19H20N4O2/c1-12-6-5-7-17(20-12)21-13(2)18-14(3)22-23(19(18)24)15-8-10-16(25-4)11-9-15/h5-11,22H,1-4H3. The number of benzene rings is 1. The summed E-state index contributed by atoms with van der Waals surface area (Å²) in [5, 5.41) is 3.11. The molecular formula is C19H20N4O2. The van der Waals surface area contributed by atoms with Crippen LogP contribution in [0, 0.1) is 13.8 Å². The maximum atomic E-state index is 12.8. The van der Waals surface area contributed by atoms with Crippen molar-refractivity contribution < 1.29 is 4.74 Å². The third-order valence-corrected chi connectivity index (χ3v) is 3.92. The molecule has 0 aliphatic rings. The molecule has 6 nitrogen and oxygen atoms in total. The van der Waals surface area contributed by atoms with Gasteiger partial charge in [0, 0.05) is 11.4 Å². The Kier molecular flexibility index (Phi) is 4.52. The van der Waals surface area contributed by atoms with Crippen LogP contribution < -0.4 is 10.3 Å². The van der Waals surface area contributed by atoms with Gasteiger partial charge in [-0.2, -0.15) is 0 Å². The van der Waals surface area contributed by atoms with E-state index in [-0.39, 0.29) is 5.56 Å². The molecule has 0 radical (unpaired) electrons. The van der Waals surface area contributed by atoms with Gasteiger partial charge < -0.3 is 4.74 Å². The molecule has 25 heavy (non-hydrogen) atoms. The number of aromatic amines is 1. The first-order valence-electron chi connectivity index (χ1n) is 7.95. The maximum Gasteiger partial charge on any atom is 0.280 e. The largest absolute Gasteiger partial charge is 0.497 e. The molecule has 0 spiro atoms. The first-order valence-corrected chi connectivity index (χ1v) is 7.95.